The van der Waals surface area contributed by atoms with Crippen molar-refractivity contribution in [2.75, 3.05) is 18.6 Å². The van der Waals surface area contributed by atoms with Gasteiger partial charge < -0.3 is 14.0 Å². The van der Waals surface area contributed by atoms with Gasteiger partial charge in [0.15, 0.2) is 0 Å². The minimum Gasteiger partial charge on any atom is -0.495 e. The largest absolute Gasteiger partial charge is 0.495 e. The number of aromatic nitrogens is 1. The molecule has 0 atom stereocenters. The highest BCUT2D eigenvalue weighted by Crippen LogP contribution is 2.37. The number of methoxy groups -OCH3 is 1. The van der Waals surface area contributed by atoms with Crippen molar-refractivity contribution < 1.29 is 19.1 Å². The van der Waals surface area contributed by atoms with Crippen molar-refractivity contribution in [1.82, 2.24) is 4.57 Å². The average molecular weight is 525 g/mol. The molecule has 0 N–H and O–H groups in total. The summed E-state index contributed by atoms with van der Waals surface area (Å²) in [7, 11) is 1.57. The first kappa shape index (κ1) is 25.6. The van der Waals surface area contributed by atoms with E-state index in [0.717, 1.165) is 22.6 Å². The number of amides is 1. The van der Waals surface area contributed by atoms with Gasteiger partial charge in [-0.1, -0.05) is 23.2 Å². The van der Waals surface area contributed by atoms with E-state index in [1.807, 2.05) is 42.7 Å². The van der Waals surface area contributed by atoms with Crippen LogP contribution in [-0.4, -0.2) is 30.2 Å². The molecular formula is C28H26Cl2N2O4. The molecule has 1 aliphatic heterocycles. The SMILES string of the molecule is CCOC(=O)C1=C(C)N(c2ccc(Cl)cc2)C(=O)/C1=C\c1cc(C)n(-c2ccc(OC)c(Cl)c2)c1C. The number of halogens is 2. The first-order valence-electron chi connectivity index (χ1n) is 11.4. The number of aryl methyl sites for hydroxylation is 1. The van der Waals surface area contributed by atoms with Crippen molar-refractivity contribution in [3.05, 3.63) is 92.4 Å². The lowest BCUT2D eigenvalue weighted by Gasteiger charge is -2.18. The van der Waals surface area contributed by atoms with E-state index < -0.39 is 5.97 Å². The lowest BCUT2D eigenvalue weighted by atomic mass is 10.0. The summed E-state index contributed by atoms with van der Waals surface area (Å²) in [5.41, 5.74) is 5.13. The van der Waals surface area contributed by atoms with E-state index in [2.05, 4.69) is 0 Å². The van der Waals surface area contributed by atoms with Crippen LogP contribution in [0.1, 0.15) is 30.8 Å². The number of esters is 1. The van der Waals surface area contributed by atoms with Crippen LogP contribution in [-0.2, 0) is 14.3 Å². The molecule has 0 aliphatic carbocycles. The molecule has 1 amide bonds. The van der Waals surface area contributed by atoms with Crippen LogP contribution in [0.2, 0.25) is 10.0 Å². The van der Waals surface area contributed by atoms with E-state index in [1.165, 1.54) is 4.90 Å². The van der Waals surface area contributed by atoms with E-state index in [4.69, 9.17) is 32.7 Å². The monoisotopic (exact) mass is 524 g/mol. The summed E-state index contributed by atoms with van der Waals surface area (Å²) in [6, 6.07) is 14.4. The Morgan fingerprint density at radius 1 is 1.00 bits per heavy atom. The summed E-state index contributed by atoms with van der Waals surface area (Å²) >= 11 is 12.4. The van der Waals surface area contributed by atoms with Crippen LogP contribution in [0.5, 0.6) is 5.75 Å². The van der Waals surface area contributed by atoms with Gasteiger partial charge in [0, 0.05) is 33.5 Å². The molecule has 4 rings (SSSR count). The molecule has 3 aromatic rings. The van der Waals surface area contributed by atoms with Crippen LogP contribution in [0.25, 0.3) is 11.8 Å². The van der Waals surface area contributed by atoms with E-state index in [-0.39, 0.29) is 23.7 Å². The molecule has 8 heteroatoms. The van der Waals surface area contributed by atoms with E-state index in [0.29, 0.717) is 27.2 Å². The van der Waals surface area contributed by atoms with E-state index in [9.17, 15) is 9.59 Å². The van der Waals surface area contributed by atoms with Gasteiger partial charge >= 0.3 is 5.97 Å². The smallest absolute Gasteiger partial charge is 0.340 e. The third-order valence-corrected chi connectivity index (χ3v) is 6.68. The van der Waals surface area contributed by atoms with E-state index >= 15 is 0 Å². The zero-order valence-electron chi connectivity index (χ0n) is 20.7. The van der Waals surface area contributed by atoms with Crippen LogP contribution in [0.15, 0.2) is 65.4 Å². The number of nitrogens with zero attached hydrogens (tertiary/aromatic N) is 2. The number of hydrogen-bond donors (Lipinski definition) is 0. The number of hydrogen-bond acceptors (Lipinski definition) is 4. The molecule has 6 nitrogen and oxygen atoms in total. The minimum atomic E-state index is -0.540. The number of ether oxygens (including phenoxy) is 2. The molecule has 0 spiro atoms. The van der Waals surface area contributed by atoms with Crippen molar-refractivity contribution in [3.8, 4) is 11.4 Å². The quantitative estimate of drug-likeness (QED) is 0.266. The molecule has 0 bridgehead atoms. The normalized spacial score (nSPS) is 14.7. The van der Waals surface area contributed by atoms with Crippen LogP contribution >= 0.6 is 23.2 Å². The van der Waals surface area contributed by atoms with Crippen molar-refractivity contribution in [1.29, 1.82) is 0 Å². The Morgan fingerprint density at radius 2 is 1.67 bits per heavy atom. The molecule has 186 valence electrons. The molecular weight excluding hydrogens is 499 g/mol. The fourth-order valence-corrected chi connectivity index (χ4v) is 4.84. The maximum absolute atomic E-state index is 13.7. The maximum Gasteiger partial charge on any atom is 0.340 e. The topological polar surface area (TPSA) is 60.8 Å². The molecule has 0 unspecified atom stereocenters. The summed E-state index contributed by atoms with van der Waals surface area (Å²) in [4.78, 5) is 28.1. The highest BCUT2D eigenvalue weighted by atomic mass is 35.5. The fraction of sp³-hybridized carbons (Fsp3) is 0.214. The predicted molar refractivity (Wildman–Crippen MR) is 143 cm³/mol. The zero-order chi connectivity index (χ0) is 26.1. The zero-order valence-corrected chi connectivity index (χ0v) is 22.2. The van der Waals surface area contributed by atoms with Crippen LogP contribution < -0.4 is 9.64 Å². The Morgan fingerprint density at radius 3 is 2.28 bits per heavy atom. The molecule has 2 heterocycles. The van der Waals surface area contributed by atoms with Gasteiger partial charge in [-0.3, -0.25) is 9.69 Å². The molecule has 0 fully saturated rings. The van der Waals surface area contributed by atoms with Crippen LogP contribution in [0.3, 0.4) is 0 Å². The third kappa shape index (κ3) is 4.54. The van der Waals surface area contributed by atoms with Gasteiger partial charge in [0.2, 0.25) is 0 Å². The second kappa shape index (κ2) is 10.2. The highest BCUT2D eigenvalue weighted by molar-refractivity contribution is 6.32. The molecule has 36 heavy (non-hydrogen) atoms. The first-order chi connectivity index (χ1) is 17.2. The van der Waals surface area contributed by atoms with E-state index in [1.54, 1.807) is 51.3 Å². The number of rotatable bonds is 6. The molecule has 2 aromatic carbocycles. The molecule has 1 aromatic heterocycles. The maximum atomic E-state index is 13.7. The molecule has 0 saturated heterocycles. The second-order valence-electron chi connectivity index (χ2n) is 8.34. The lowest BCUT2D eigenvalue weighted by molar-refractivity contribution is -0.138. The fourth-order valence-electron chi connectivity index (χ4n) is 4.46. The summed E-state index contributed by atoms with van der Waals surface area (Å²) in [6.45, 7) is 7.59. The van der Waals surface area contributed by atoms with Crippen molar-refractivity contribution in [2.45, 2.75) is 27.7 Å². The summed E-state index contributed by atoms with van der Waals surface area (Å²) in [6.07, 6.45) is 1.75. The van der Waals surface area contributed by atoms with Gasteiger partial charge in [0.1, 0.15) is 5.75 Å². The molecule has 1 aliphatic rings. The number of benzene rings is 2. The molecule has 0 radical (unpaired) electrons. The number of carbonyl (C=O) groups excluding carboxylic acids is 2. The standard InChI is InChI=1S/C28H26Cl2N2O4/c1-6-36-28(34)26-18(4)32(21-9-7-20(29)8-10-21)27(33)23(26)14-19-13-16(2)31(17(19)3)22-11-12-25(35-5)24(30)15-22/h7-15H,6H2,1-5H3/b23-14-. The number of carbonyl (C=O) groups is 2. The summed E-state index contributed by atoms with van der Waals surface area (Å²) < 4.78 is 12.6. The lowest BCUT2D eigenvalue weighted by Crippen LogP contribution is -2.24. The average Bonchev–Trinajstić information content (AvgIpc) is 3.25. The number of anilines is 1. The Kier molecular flexibility index (Phi) is 7.29. The summed E-state index contributed by atoms with van der Waals surface area (Å²) in [5, 5.41) is 1.05. The number of allylic oxidation sites excluding steroid dienone is 1. The Bertz CT molecular complexity index is 1420. The third-order valence-electron chi connectivity index (χ3n) is 6.13. The Hall–Kier alpha value is -3.48. The summed E-state index contributed by atoms with van der Waals surface area (Å²) in [5.74, 6) is -0.263. The molecule has 0 saturated carbocycles. The van der Waals surface area contributed by atoms with Crippen molar-refractivity contribution >= 4 is 46.8 Å². The van der Waals surface area contributed by atoms with Gasteiger partial charge in [0.05, 0.1) is 29.9 Å². The van der Waals surface area contributed by atoms with Crippen LogP contribution in [0.4, 0.5) is 5.69 Å². The van der Waals surface area contributed by atoms with Gasteiger partial charge in [-0.25, -0.2) is 4.79 Å². The van der Waals surface area contributed by atoms with Crippen molar-refractivity contribution in [3.63, 3.8) is 0 Å². The Balaban J connectivity index is 1.83. The van der Waals surface area contributed by atoms with Gasteiger partial charge in [0.25, 0.3) is 5.91 Å². The minimum absolute atomic E-state index is 0.199. The van der Waals surface area contributed by atoms with Crippen molar-refractivity contribution in [2.24, 2.45) is 0 Å². The highest BCUT2D eigenvalue weighted by Gasteiger charge is 2.38. The van der Waals surface area contributed by atoms with Crippen LogP contribution in [0, 0.1) is 13.8 Å². The second-order valence-corrected chi connectivity index (χ2v) is 9.18. The first-order valence-corrected chi connectivity index (χ1v) is 12.2. The van der Waals surface area contributed by atoms with Gasteiger partial charge in [-0.15, -0.1) is 0 Å². The van der Waals surface area contributed by atoms with Gasteiger partial charge in [-0.05, 0) is 87.9 Å². The van der Waals surface area contributed by atoms with Gasteiger partial charge in [-0.2, -0.15) is 0 Å². The predicted octanol–water partition coefficient (Wildman–Crippen LogP) is 6.68. The Labute approximate surface area is 220 Å².